The van der Waals surface area contributed by atoms with Crippen molar-refractivity contribution in [2.24, 2.45) is 0 Å². The predicted molar refractivity (Wildman–Crippen MR) is 241 cm³/mol. The lowest BCUT2D eigenvalue weighted by Crippen LogP contribution is -2.54. The molecule has 67 heavy (non-hydrogen) atoms. The van der Waals surface area contributed by atoms with Gasteiger partial charge in [-0.15, -0.1) is 0 Å². The molecule has 6 amide bonds. The summed E-state index contributed by atoms with van der Waals surface area (Å²) in [6, 6.07) is 16.2. The van der Waals surface area contributed by atoms with Gasteiger partial charge in [-0.05, 0) is 97.8 Å². The van der Waals surface area contributed by atoms with Gasteiger partial charge in [0, 0.05) is 80.8 Å². The van der Waals surface area contributed by atoms with Crippen molar-refractivity contribution < 1.29 is 41.9 Å². The normalized spacial score (nSPS) is 16.4. The van der Waals surface area contributed by atoms with Gasteiger partial charge in [0.1, 0.15) is 11.7 Å². The van der Waals surface area contributed by atoms with Crippen LogP contribution >= 0.6 is 0 Å². The third kappa shape index (κ3) is 10.7. The van der Waals surface area contributed by atoms with E-state index in [4.69, 9.17) is 0 Å². The third-order valence-corrected chi connectivity index (χ3v) is 12.2. The van der Waals surface area contributed by atoms with Crippen LogP contribution in [-0.2, 0) is 27.1 Å². The number of hydrogen-bond donors (Lipinski definition) is 3. The number of fused-ring (bicyclic) bond motifs is 2. The number of alkyl halides is 3. The molecule has 0 aliphatic carbocycles. The van der Waals surface area contributed by atoms with Gasteiger partial charge < -0.3 is 15.5 Å². The Balaban J connectivity index is 0.746. The molecular weight excluding hydrogens is 868 g/mol. The van der Waals surface area contributed by atoms with E-state index in [1.165, 1.54) is 12.1 Å². The number of carbonyl (C=O) groups excluding carboxylic acids is 6. The molecule has 3 aromatic carbocycles. The molecule has 0 saturated carbocycles. The van der Waals surface area contributed by atoms with Crippen molar-refractivity contribution in [1.82, 2.24) is 34.6 Å². The van der Waals surface area contributed by atoms with Crippen molar-refractivity contribution in [3.63, 3.8) is 0 Å². The van der Waals surface area contributed by atoms with Crippen molar-refractivity contribution in [2.75, 3.05) is 43.4 Å². The number of piperidine rings is 1. The summed E-state index contributed by atoms with van der Waals surface area (Å²) in [4.78, 5) is 85.1. The lowest BCUT2D eigenvalue weighted by atomic mass is 10.0. The summed E-state index contributed by atoms with van der Waals surface area (Å²) in [5.41, 5.74) is 3.18. The molecule has 2 saturated heterocycles. The maximum atomic E-state index is 14.4. The van der Waals surface area contributed by atoms with Crippen molar-refractivity contribution in [1.29, 1.82) is 0 Å². The van der Waals surface area contributed by atoms with Gasteiger partial charge in [-0.3, -0.25) is 43.9 Å². The van der Waals surface area contributed by atoms with E-state index < -0.39 is 47.3 Å². The van der Waals surface area contributed by atoms with E-state index in [9.17, 15) is 41.9 Å². The molecule has 15 nitrogen and oxygen atoms in total. The number of nitrogens with one attached hydrogen (secondary N) is 3. The summed E-state index contributed by atoms with van der Waals surface area (Å²) in [5, 5.41) is 12.3. The van der Waals surface area contributed by atoms with E-state index in [0.717, 1.165) is 48.6 Å². The molecule has 0 spiro atoms. The molecule has 18 heteroatoms. The fourth-order valence-electron chi connectivity index (χ4n) is 8.50. The number of hydrogen-bond acceptors (Lipinski definition) is 10. The minimum Gasteiger partial charge on any atom is -0.385 e. The Morgan fingerprint density at radius 1 is 0.851 bits per heavy atom. The maximum absolute atomic E-state index is 14.4. The van der Waals surface area contributed by atoms with Crippen molar-refractivity contribution in [2.45, 2.75) is 77.1 Å². The Labute approximate surface area is 384 Å². The minimum absolute atomic E-state index is 0.00864. The first kappa shape index (κ1) is 46.2. The van der Waals surface area contributed by atoms with Crippen LogP contribution in [0.4, 0.5) is 24.5 Å². The first-order valence-corrected chi connectivity index (χ1v) is 22.3. The second kappa shape index (κ2) is 20.0. The van der Waals surface area contributed by atoms with Gasteiger partial charge in [0.25, 0.3) is 17.7 Å². The van der Waals surface area contributed by atoms with Gasteiger partial charge in [-0.2, -0.15) is 18.3 Å². The number of imidazole rings is 1. The second-order valence-corrected chi connectivity index (χ2v) is 16.8. The SMILES string of the molecule is Cc1ccc(C(=O)Nc2ccc(CN3CCN(C(=O)CCCCCCCNc4ccc5c(c4)C(=O)N(C4CCC(=O)NC4=O)C5=O)CC3)c(C(F)(F)F)c2)cc1C#Cc1cnc2cccnn12. The zero-order valence-corrected chi connectivity index (χ0v) is 36.7. The van der Waals surface area contributed by atoms with Gasteiger partial charge in [0.15, 0.2) is 5.65 Å². The molecule has 2 aromatic heterocycles. The van der Waals surface area contributed by atoms with E-state index >= 15 is 0 Å². The molecule has 3 aliphatic rings. The summed E-state index contributed by atoms with van der Waals surface area (Å²) in [5.74, 6) is 3.34. The topological polar surface area (TPSA) is 178 Å². The number of amides is 6. The Bertz CT molecular complexity index is 2820. The van der Waals surface area contributed by atoms with Gasteiger partial charge >= 0.3 is 6.18 Å². The first-order valence-electron chi connectivity index (χ1n) is 22.3. The first-order chi connectivity index (χ1) is 32.2. The molecule has 1 unspecified atom stereocenters. The van der Waals surface area contributed by atoms with Crippen LogP contribution in [0.5, 0.6) is 0 Å². The molecule has 2 fully saturated rings. The molecule has 1 atom stereocenters. The summed E-state index contributed by atoms with van der Waals surface area (Å²) in [6.07, 6.45) is 3.33. The summed E-state index contributed by atoms with van der Waals surface area (Å²) >= 11 is 0. The van der Waals surface area contributed by atoms with Crippen LogP contribution in [-0.4, -0.2) is 104 Å². The number of halogens is 3. The highest BCUT2D eigenvalue weighted by Gasteiger charge is 2.44. The summed E-state index contributed by atoms with van der Waals surface area (Å²) in [6.45, 7) is 4.19. The van der Waals surface area contributed by atoms with Crippen LogP contribution < -0.4 is 16.0 Å². The zero-order chi connectivity index (χ0) is 47.2. The predicted octanol–water partition coefficient (Wildman–Crippen LogP) is 6.21. The number of unbranched alkanes of at least 4 members (excludes halogenated alkanes) is 4. The van der Waals surface area contributed by atoms with Crippen LogP contribution in [0.25, 0.3) is 5.65 Å². The van der Waals surface area contributed by atoms with Crippen molar-refractivity contribution >= 4 is 52.5 Å². The number of benzene rings is 3. The smallest absolute Gasteiger partial charge is 0.385 e. The van der Waals surface area contributed by atoms with Crippen LogP contribution in [0.2, 0.25) is 0 Å². The van der Waals surface area contributed by atoms with Gasteiger partial charge in [0.2, 0.25) is 17.7 Å². The molecule has 3 aliphatic heterocycles. The highest BCUT2D eigenvalue weighted by atomic mass is 19.4. The summed E-state index contributed by atoms with van der Waals surface area (Å²) in [7, 11) is 0. The molecule has 5 aromatic rings. The zero-order valence-electron chi connectivity index (χ0n) is 36.7. The van der Waals surface area contributed by atoms with Crippen molar-refractivity contribution in [3.8, 4) is 11.8 Å². The van der Waals surface area contributed by atoms with Crippen LogP contribution in [0.3, 0.4) is 0 Å². The molecule has 5 heterocycles. The standard InChI is InChI=1S/C49H48F3N9O6/c1-31-10-11-33(26-32(31)13-16-37-29-54-42-8-7-21-55-61(37)42)45(64)56-36-14-12-34(40(28-36)49(50,51)52)30-58-22-24-59(25-23-58)44(63)9-5-3-2-4-6-20-53-35-15-17-38-39(27-35)48(67)60(47(38)66)41-18-19-43(62)57-46(41)65/h7-8,10-12,14-15,17,21,26-29,41,53H,2-6,9,18-20,22-25,30H2,1H3,(H,56,64)(H,57,62,65). The monoisotopic (exact) mass is 915 g/mol. The van der Waals surface area contributed by atoms with E-state index in [-0.39, 0.29) is 53.2 Å². The van der Waals surface area contributed by atoms with Crippen molar-refractivity contribution in [3.05, 3.63) is 124 Å². The molecular formula is C49H48F3N9O6. The Morgan fingerprint density at radius 3 is 2.40 bits per heavy atom. The average molecular weight is 916 g/mol. The molecule has 8 rings (SSSR count). The van der Waals surface area contributed by atoms with E-state index in [1.807, 2.05) is 11.8 Å². The third-order valence-electron chi connectivity index (χ3n) is 12.2. The Hall–Kier alpha value is -7.39. The average Bonchev–Trinajstić information content (AvgIpc) is 3.83. The van der Waals surface area contributed by atoms with Crippen LogP contribution in [0.15, 0.2) is 79.1 Å². The number of nitrogens with zero attached hydrogens (tertiary/aromatic N) is 6. The number of aryl methyl sites for hydroxylation is 1. The maximum Gasteiger partial charge on any atom is 0.416 e. The minimum atomic E-state index is -4.67. The van der Waals surface area contributed by atoms with E-state index in [1.54, 1.807) is 70.3 Å². The molecule has 0 bridgehead atoms. The summed E-state index contributed by atoms with van der Waals surface area (Å²) < 4.78 is 44.8. The largest absolute Gasteiger partial charge is 0.416 e. The Morgan fingerprint density at radius 2 is 1.61 bits per heavy atom. The number of piperazine rings is 1. The van der Waals surface area contributed by atoms with Gasteiger partial charge in [-0.25, -0.2) is 9.50 Å². The molecule has 3 N–H and O–H groups in total. The second-order valence-electron chi connectivity index (χ2n) is 16.8. The fourth-order valence-corrected chi connectivity index (χ4v) is 8.50. The Kier molecular flexibility index (Phi) is 13.8. The molecule has 346 valence electrons. The number of aromatic nitrogens is 3. The lowest BCUT2D eigenvalue weighted by molar-refractivity contribution is -0.139. The van der Waals surface area contributed by atoms with Crippen LogP contribution in [0, 0.1) is 18.8 Å². The van der Waals surface area contributed by atoms with Gasteiger partial charge in [-0.1, -0.05) is 37.3 Å². The number of carbonyl (C=O) groups is 6. The fraction of sp³-hybridized carbons (Fsp3) is 0.347. The number of anilines is 2. The highest BCUT2D eigenvalue weighted by molar-refractivity contribution is 6.23. The quantitative estimate of drug-likeness (QED) is 0.0660. The number of imide groups is 2. The van der Waals surface area contributed by atoms with E-state index in [2.05, 4.69) is 37.9 Å². The van der Waals surface area contributed by atoms with Crippen LogP contribution in [0.1, 0.15) is 110 Å². The number of rotatable bonds is 14. The van der Waals surface area contributed by atoms with E-state index in [0.29, 0.717) is 61.7 Å². The van der Waals surface area contributed by atoms with Gasteiger partial charge in [0.05, 0.1) is 22.9 Å². The lowest BCUT2D eigenvalue weighted by Gasteiger charge is -2.35. The highest BCUT2D eigenvalue weighted by Crippen LogP contribution is 2.35. The molecule has 0 radical (unpaired) electrons.